The molecule has 4 saturated carbocycles. The van der Waals surface area contributed by atoms with Gasteiger partial charge in [0.1, 0.15) is 11.5 Å². The minimum atomic E-state index is -0.498. The Morgan fingerprint density at radius 1 is 1.11 bits per heavy atom. The van der Waals surface area contributed by atoms with Crippen LogP contribution in [0.25, 0.3) is 0 Å². The van der Waals surface area contributed by atoms with Crippen molar-refractivity contribution in [2.24, 2.45) is 17.8 Å². The van der Waals surface area contributed by atoms with Crippen LogP contribution in [0.2, 0.25) is 0 Å². The zero-order valence-electron chi connectivity index (χ0n) is 15.9. The molecule has 2 heterocycles. The molecule has 0 saturated heterocycles. The lowest BCUT2D eigenvalue weighted by atomic mass is 9.52. The molecule has 4 aliphatic carbocycles. The van der Waals surface area contributed by atoms with E-state index in [1.54, 1.807) is 24.6 Å². The third kappa shape index (κ3) is 3.15. The highest BCUT2D eigenvalue weighted by Crippen LogP contribution is 2.58. The SMILES string of the molecule is O=C(OCC(=O)N(Cc1ccco1)C12CC3CC(CC(C3)C1)C2)c1ccc[nH]1. The largest absolute Gasteiger partial charge is 0.467 e. The Morgan fingerprint density at radius 3 is 2.39 bits per heavy atom. The van der Waals surface area contributed by atoms with Crippen LogP contribution in [0.15, 0.2) is 41.1 Å². The first-order valence-corrected chi connectivity index (χ1v) is 10.2. The number of hydrogen-bond donors (Lipinski definition) is 1. The van der Waals surface area contributed by atoms with E-state index in [1.807, 2.05) is 17.0 Å². The Morgan fingerprint density at radius 2 is 1.82 bits per heavy atom. The molecule has 2 aromatic heterocycles. The number of amides is 1. The molecule has 4 fully saturated rings. The second-order valence-corrected chi connectivity index (χ2v) is 8.86. The van der Waals surface area contributed by atoms with Crippen molar-refractivity contribution in [3.63, 3.8) is 0 Å². The maximum Gasteiger partial charge on any atom is 0.355 e. The van der Waals surface area contributed by atoms with Gasteiger partial charge in [-0.15, -0.1) is 0 Å². The lowest BCUT2D eigenvalue weighted by molar-refractivity contribution is -0.156. The number of ether oxygens (including phenoxy) is 1. The Labute approximate surface area is 164 Å². The lowest BCUT2D eigenvalue weighted by Gasteiger charge is -2.60. The first-order chi connectivity index (χ1) is 13.6. The van der Waals surface area contributed by atoms with E-state index in [-0.39, 0.29) is 18.1 Å². The molecule has 4 bridgehead atoms. The monoisotopic (exact) mass is 382 g/mol. The summed E-state index contributed by atoms with van der Waals surface area (Å²) in [7, 11) is 0. The highest BCUT2D eigenvalue weighted by Gasteiger charge is 2.54. The van der Waals surface area contributed by atoms with Gasteiger partial charge in [-0.2, -0.15) is 0 Å². The van der Waals surface area contributed by atoms with Crippen molar-refractivity contribution >= 4 is 11.9 Å². The van der Waals surface area contributed by atoms with Crippen LogP contribution >= 0.6 is 0 Å². The number of H-pyrrole nitrogens is 1. The van der Waals surface area contributed by atoms with Crippen LogP contribution in [-0.4, -0.2) is 33.9 Å². The molecule has 0 aliphatic heterocycles. The Kier molecular flexibility index (Phi) is 4.29. The van der Waals surface area contributed by atoms with Crippen molar-refractivity contribution in [1.82, 2.24) is 9.88 Å². The Balaban J connectivity index is 1.36. The minimum absolute atomic E-state index is 0.114. The average molecular weight is 382 g/mol. The fourth-order valence-corrected chi connectivity index (χ4v) is 6.21. The highest BCUT2D eigenvalue weighted by molar-refractivity contribution is 5.89. The van der Waals surface area contributed by atoms with Crippen LogP contribution in [0.1, 0.15) is 54.8 Å². The van der Waals surface area contributed by atoms with E-state index >= 15 is 0 Å². The third-order valence-corrected chi connectivity index (χ3v) is 6.92. The second-order valence-electron chi connectivity index (χ2n) is 8.86. The summed E-state index contributed by atoms with van der Waals surface area (Å²) in [6.45, 7) is 0.207. The van der Waals surface area contributed by atoms with Crippen LogP contribution in [-0.2, 0) is 16.1 Å². The molecule has 0 unspecified atom stereocenters. The number of hydrogen-bond acceptors (Lipinski definition) is 4. The van der Waals surface area contributed by atoms with E-state index in [9.17, 15) is 9.59 Å². The molecule has 0 spiro atoms. The molecule has 6 rings (SSSR count). The van der Waals surface area contributed by atoms with Crippen LogP contribution < -0.4 is 0 Å². The van der Waals surface area contributed by atoms with Crippen LogP contribution in [0, 0.1) is 17.8 Å². The molecule has 6 nitrogen and oxygen atoms in total. The van der Waals surface area contributed by atoms with Crippen molar-refractivity contribution in [2.45, 2.75) is 50.6 Å². The molecule has 28 heavy (non-hydrogen) atoms. The molecule has 0 aromatic carbocycles. The van der Waals surface area contributed by atoms with E-state index in [2.05, 4.69) is 4.98 Å². The quantitative estimate of drug-likeness (QED) is 0.772. The predicted octanol–water partition coefficient (Wildman–Crippen LogP) is 3.76. The molecular weight excluding hydrogens is 356 g/mol. The number of carbonyl (C=O) groups is 2. The number of aromatic amines is 1. The summed E-state index contributed by atoms with van der Waals surface area (Å²) in [5.41, 5.74) is 0.248. The van der Waals surface area contributed by atoms with Crippen LogP contribution in [0.4, 0.5) is 0 Å². The van der Waals surface area contributed by atoms with Crippen LogP contribution in [0.5, 0.6) is 0 Å². The van der Waals surface area contributed by atoms with E-state index < -0.39 is 5.97 Å². The predicted molar refractivity (Wildman–Crippen MR) is 101 cm³/mol. The van der Waals surface area contributed by atoms with Gasteiger partial charge in [0.15, 0.2) is 6.61 Å². The normalized spacial score (nSPS) is 30.4. The fourth-order valence-electron chi connectivity index (χ4n) is 6.21. The Hall–Kier alpha value is -2.50. The van der Waals surface area contributed by atoms with Gasteiger partial charge >= 0.3 is 5.97 Å². The smallest absolute Gasteiger partial charge is 0.355 e. The van der Waals surface area contributed by atoms with Crippen molar-refractivity contribution in [1.29, 1.82) is 0 Å². The topological polar surface area (TPSA) is 75.5 Å². The summed E-state index contributed by atoms with van der Waals surface area (Å²) < 4.78 is 10.9. The van der Waals surface area contributed by atoms with Crippen molar-refractivity contribution < 1.29 is 18.7 Å². The zero-order valence-corrected chi connectivity index (χ0v) is 15.9. The summed E-state index contributed by atoms with van der Waals surface area (Å²) in [6.07, 6.45) is 10.4. The number of carbonyl (C=O) groups excluding carboxylic acids is 2. The molecule has 2 aromatic rings. The molecule has 0 radical (unpaired) electrons. The molecular formula is C22H26N2O4. The summed E-state index contributed by atoms with van der Waals surface area (Å²) in [4.78, 5) is 30.2. The number of nitrogens with one attached hydrogen (secondary N) is 1. The van der Waals surface area contributed by atoms with E-state index in [4.69, 9.17) is 9.15 Å². The van der Waals surface area contributed by atoms with Crippen molar-refractivity contribution in [3.05, 3.63) is 48.2 Å². The number of esters is 1. The standard InChI is InChI=1S/C22H26N2O4/c25-20(14-28-21(26)19-4-1-5-23-19)24(13-18-3-2-6-27-18)22-10-15-7-16(11-22)9-17(8-15)12-22/h1-6,15-17,23H,7-14H2. The third-order valence-electron chi connectivity index (χ3n) is 6.92. The van der Waals surface area contributed by atoms with Crippen molar-refractivity contribution in [2.75, 3.05) is 6.61 Å². The summed E-state index contributed by atoms with van der Waals surface area (Å²) in [5, 5.41) is 0. The van der Waals surface area contributed by atoms with Gasteiger partial charge in [-0.25, -0.2) is 4.79 Å². The lowest BCUT2D eigenvalue weighted by Crippen LogP contribution is -2.61. The summed E-state index contributed by atoms with van der Waals surface area (Å²) in [5.74, 6) is 2.32. The highest BCUT2D eigenvalue weighted by atomic mass is 16.5. The van der Waals surface area contributed by atoms with Gasteiger partial charge in [0, 0.05) is 11.7 Å². The van der Waals surface area contributed by atoms with E-state index in [0.29, 0.717) is 12.2 Å². The molecule has 1 amide bonds. The van der Waals surface area contributed by atoms with Crippen LogP contribution in [0.3, 0.4) is 0 Å². The van der Waals surface area contributed by atoms with E-state index in [0.717, 1.165) is 42.8 Å². The minimum Gasteiger partial charge on any atom is -0.467 e. The van der Waals surface area contributed by atoms with Gasteiger partial charge in [0.25, 0.3) is 5.91 Å². The van der Waals surface area contributed by atoms with Gasteiger partial charge in [-0.1, -0.05) is 0 Å². The van der Waals surface area contributed by atoms with Gasteiger partial charge in [0.05, 0.1) is 12.8 Å². The maximum absolute atomic E-state index is 13.3. The van der Waals surface area contributed by atoms with E-state index in [1.165, 1.54) is 19.3 Å². The first kappa shape index (κ1) is 17.6. The second kappa shape index (κ2) is 6.83. The zero-order chi connectivity index (χ0) is 19.1. The first-order valence-electron chi connectivity index (χ1n) is 10.2. The number of furan rings is 1. The number of aromatic nitrogens is 1. The molecule has 1 N–H and O–H groups in total. The molecule has 148 valence electrons. The van der Waals surface area contributed by atoms with Gasteiger partial charge in [-0.3, -0.25) is 4.79 Å². The number of nitrogens with zero attached hydrogens (tertiary/aromatic N) is 1. The fraction of sp³-hybridized carbons (Fsp3) is 0.545. The van der Waals surface area contributed by atoms with Crippen molar-refractivity contribution in [3.8, 4) is 0 Å². The molecule has 6 heteroatoms. The Bertz CT molecular complexity index is 805. The summed E-state index contributed by atoms with van der Waals surface area (Å²) >= 11 is 0. The maximum atomic E-state index is 13.3. The van der Waals surface area contributed by atoms with Gasteiger partial charge in [0.2, 0.25) is 0 Å². The molecule has 4 aliphatic rings. The number of rotatable bonds is 6. The van der Waals surface area contributed by atoms with Gasteiger partial charge in [-0.05, 0) is 80.5 Å². The summed E-state index contributed by atoms with van der Waals surface area (Å²) in [6, 6.07) is 7.14. The molecule has 0 atom stereocenters. The average Bonchev–Trinajstić information content (AvgIpc) is 3.36. The van der Waals surface area contributed by atoms with Gasteiger partial charge < -0.3 is 19.0 Å².